The number of hydrogen-bond acceptors (Lipinski definition) is 3. The third-order valence-corrected chi connectivity index (χ3v) is 4.79. The van der Waals surface area contributed by atoms with Crippen LogP contribution >= 0.6 is 0 Å². The Kier molecular flexibility index (Phi) is 4.16. The highest BCUT2D eigenvalue weighted by molar-refractivity contribution is 5.82. The van der Waals surface area contributed by atoms with Gasteiger partial charge in [-0.15, -0.1) is 0 Å². The first-order valence-corrected chi connectivity index (χ1v) is 7.78. The fraction of sp³-hybridized carbons (Fsp3) is 0.529. The standard InChI is InChI=1S/C17H21NO4/c1-18(16(19)14-8-9-15(22-14)17(20)21)13-7-6-11-4-2-3-5-12(11)10-13/h2-5,13-15H,6-10H2,1H3,(H,20,21)/t13?,14-,15+/m0/s1. The Labute approximate surface area is 129 Å². The van der Waals surface area contributed by atoms with Crippen molar-refractivity contribution in [1.29, 1.82) is 0 Å². The number of aliphatic carboxylic acids is 1. The van der Waals surface area contributed by atoms with Crippen molar-refractivity contribution in [2.45, 2.75) is 50.4 Å². The van der Waals surface area contributed by atoms with Crippen LogP contribution in [0.3, 0.4) is 0 Å². The van der Waals surface area contributed by atoms with Crippen molar-refractivity contribution in [3.63, 3.8) is 0 Å². The van der Waals surface area contributed by atoms with Gasteiger partial charge < -0.3 is 14.7 Å². The zero-order valence-corrected chi connectivity index (χ0v) is 12.7. The number of hydrogen-bond donors (Lipinski definition) is 1. The molecular weight excluding hydrogens is 282 g/mol. The molecule has 1 heterocycles. The number of aryl methyl sites for hydroxylation is 1. The van der Waals surface area contributed by atoms with E-state index in [2.05, 4.69) is 12.1 Å². The normalized spacial score (nSPS) is 27.2. The van der Waals surface area contributed by atoms with Gasteiger partial charge in [0.15, 0.2) is 6.10 Å². The lowest BCUT2D eigenvalue weighted by Gasteiger charge is -2.33. The molecule has 1 aromatic carbocycles. The summed E-state index contributed by atoms with van der Waals surface area (Å²) in [6.07, 6.45) is 2.22. The molecular formula is C17H21NO4. The predicted octanol–water partition coefficient (Wildman–Crippen LogP) is 1.63. The number of carbonyl (C=O) groups excluding carboxylic acids is 1. The predicted molar refractivity (Wildman–Crippen MR) is 80.6 cm³/mol. The van der Waals surface area contributed by atoms with Gasteiger partial charge in [-0.2, -0.15) is 0 Å². The Morgan fingerprint density at radius 1 is 1.14 bits per heavy atom. The van der Waals surface area contributed by atoms with E-state index in [1.165, 1.54) is 11.1 Å². The Balaban J connectivity index is 1.64. The second-order valence-electron chi connectivity index (χ2n) is 6.14. The lowest BCUT2D eigenvalue weighted by Crippen LogP contribution is -2.45. The highest BCUT2D eigenvalue weighted by Gasteiger charge is 2.37. The van der Waals surface area contributed by atoms with E-state index in [1.54, 1.807) is 11.9 Å². The number of likely N-dealkylation sites (N-methyl/N-ethyl adjacent to an activating group) is 1. The maximum Gasteiger partial charge on any atom is 0.332 e. The van der Waals surface area contributed by atoms with E-state index in [4.69, 9.17) is 9.84 Å². The summed E-state index contributed by atoms with van der Waals surface area (Å²) in [4.78, 5) is 25.2. The van der Waals surface area contributed by atoms with Crippen LogP contribution in [-0.2, 0) is 27.2 Å². The van der Waals surface area contributed by atoms with Gasteiger partial charge in [-0.1, -0.05) is 24.3 Å². The Morgan fingerprint density at radius 3 is 2.50 bits per heavy atom. The van der Waals surface area contributed by atoms with Gasteiger partial charge in [-0.3, -0.25) is 4.79 Å². The summed E-state index contributed by atoms with van der Waals surface area (Å²) in [5.74, 6) is -1.07. The maximum absolute atomic E-state index is 12.5. The fourth-order valence-corrected chi connectivity index (χ4v) is 3.42. The molecule has 5 heteroatoms. The van der Waals surface area contributed by atoms with Gasteiger partial charge in [0.1, 0.15) is 6.10 Å². The number of carboxylic acids is 1. The number of fused-ring (bicyclic) bond motifs is 1. The highest BCUT2D eigenvalue weighted by atomic mass is 16.5. The monoisotopic (exact) mass is 303 g/mol. The Morgan fingerprint density at radius 2 is 1.82 bits per heavy atom. The molecule has 2 aliphatic rings. The molecule has 0 spiro atoms. The summed E-state index contributed by atoms with van der Waals surface area (Å²) in [6, 6.07) is 8.50. The van der Waals surface area contributed by atoms with Crippen LogP contribution in [0.25, 0.3) is 0 Å². The van der Waals surface area contributed by atoms with Crippen LogP contribution in [0.1, 0.15) is 30.4 Å². The summed E-state index contributed by atoms with van der Waals surface area (Å²) in [7, 11) is 1.80. The molecule has 0 aromatic heterocycles. The number of ether oxygens (including phenoxy) is 1. The smallest absolute Gasteiger partial charge is 0.332 e. The third kappa shape index (κ3) is 2.86. The van der Waals surface area contributed by atoms with Crippen LogP contribution < -0.4 is 0 Å². The molecule has 1 aromatic rings. The van der Waals surface area contributed by atoms with Crippen LogP contribution in [0.5, 0.6) is 0 Å². The van der Waals surface area contributed by atoms with E-state index < -0.39 is 18.2 Å². The number of rotatable bonds is 3. The first kappa shape index (κ1) is 15.0. The molecule has 118 valence electrons. The lowest BCUT2D eigenvalue weighted by molar-refractivity contribution is -0.155. The zero-order valence-electron chi connectivity index (χ0n) is 12.7. The quantitative estimate of drug-likeness (QED) is 0.921. The van der Waals surface area contributed by atoms with Gasteiger partial charge in [0.05, 0.1) is 0 Å². The molecule has 5 nitrogen and oxygen atoms in total. The van der Waals surface area contributed by atoms with Crippen LogP contribution in [0.15, 0.2) is 24.3 Å². The highest BCUT2D eigenvalue weighted by Crippen LogP contribution is 2.27. The Bertz CT molecular complexity index is 586. The van der Waals surface area contributed by atoms with Gasteiger partial charge in [0, 0.05) is 13.1 Å². The van der Waals surface area contributed by atoms with Gasteiger partial charge in [-0.05, 0) is 43.2 Å². The summed E-state index contributed by atoms with van der Waals surface area (Å²) in [6.45, 7) is 0. The SMILES string of the molecule is CN(C(=O)[C@@H]1CC[C@H](C(=O)O)O1)C1CCc2ccccc2C1. The first-order chi connectivity index (χ1) is 10.6. The molecule has 1 unspecified atom stereocenters. The minimum atomic E-state index is -0.982. The molecule has 1 N–H and O–H groups in total. The van der Waals surface area contributed by atoms with Crippen LogP contribution in [-0.4, -0.2) is 47.2 Å². The van der Waals surface area contributed by atoms with Crippen molar-refractivity contribution in [2.75, 3.05) is 7.05 Å². The number of carboxylic acid groups (broad SMARTS) is 1. The minimum absolute atomic E-state index is 0.0897. The van der Waals surface area contributed by atoms with E-state index in [9.17, 15) is 9.59 Å². The number of benzene rings is 1. The molecule has 3 rings (SSSR count). The molecule has 0 bridgehead atoms. The third-order valence-electron chi connectivity index (χ3n) is 4.79. The fourth-order valence-electron chi connectivity index (χ4n) is 3.42. The molecule has 1 amide bonds. The van der Waals surface area contributed by atoms with Gasteiger partial charge >= 0.3 is 5.97 Å². The molecule has 1 aliphatic heterocycles. The summed E-state index contributed by atoms with van der Waals surface area (Å²) in [5, 5.41) is 8.96. The van der Waals surface area contributed by atoms with Crippen molar-refractivity contribution >= 4 is 11.9 Å². The second kappa shape index (κ2) is 6.08. The largest absolute Gasteiger partial charge is 0.479 e. The maximum atomic E-state index is 12.5. The molecule has 3 atom stereocenters. The summed E-state index contributed by atoms with van der Waals surface area (Å²) >= 11 is 0. The van der Waals surface area contributed by atoms with Crippen molar-refractivity contribution in [3.8, 4) is 0 Å². The van der Waals surface area contributed by atoms with Crippen molar-refractivity contribution in [3.05, 3.63) is 35.4 Å². The van der Waals surface area contributed by atoms with E-state index in [1.807, 2.05) is 12.1 Å². The van der Waals surface area contributed by atoms with E-state index in [0.29, 0.717) is 12.8 Å². The Hall–Kier alpha value is -1.88. The van der Waals surface area contributed by atoms with Crippen molar-refractivity contribution < 1.29 is 19.4 Å². The molecule has 1 aliphatic carbocycles. The number of nitrogens with zero attached hydrogens (tertiary/aromatic N) is 1. The van der Waals surface area contributed by atoms with Crippen molar-refractivity contribution in [1.82, 2.24) is 4.90 Å². The minimum Gasteiger partial charge on any atom is -0.479 e. The van der Waals surface area contributed by atoms with Crippen LogP contribution in [0.4, 0.5) is 0 Å². The molecule has 0 radical (unpaired) electrons. The topological polar surface area (TPSA) is 66.8 Å². The average molecular weight is 303 g/mol. The molecule has 22 heavy (non-hydrogen) atoms. The first-order valence-electron chi connectivity index (χ1n) is 7.78. The van der Waals surface area contributed by atoms with E-state index in [0.717, 1.165) is 19.3 Å². The zero-order chi connectivity index (χ0) is 15.7. The van der Waals surface area contributed by atoms with Crippen LogP contribution in [0.2, 0.25) is 0 Å². The van der Waals surface area contributed by atoms with E-state index in [-0.39, 0.29) is 11.9 Å². The molecule has 1 fully saturated rings. The number of carbonyl (C=O) groups is 2. The van der Waals surface area contributed by atoms with E-state index >= 15 is 0 Å². The number of amides is 1. The average Bonchev–Trinajstić information content (AvgIpc) is 3.03. The molecule has 1 saturated heterocycles. The van der Waals surface area contributed by atoms with Gasteiger partial charge in [-0.25, -0.2) is 4.79 Å². The molecule has 0 saturated carbocycles. The van der Waals surface area contributed by atoms with Gasteiger partial charge in [0.25, 0.3) is 5.91 Å². The lowest BCUT2D eigenvalue weighted by atomic mass is 9.87. The van der Waals surface area contributed by atoms with Crippen molar-refractivity contribution in [2.24, 2.45) is 0 Å². The summed E-state index contributed by atoms with van der Waals surface area (Å²) < 4.78 is 5.38. The summed E-state index contributed by atoms with van der Waals surface area (Å²) in [5.41, 5.74) is 2.66. The second-order valence-corrected chi connectivity index (χ2v) is 6.14. The van der Waals surface area contributed by atoms with Gasteiger partial charge in [0.2, 0.25) is 0 Å². The van der Waals surface area contributed by atoms with Crippen LogP contribution in [0, 0.1) is 0 Å².